The Kier molecular flexibility index (Phi) is 8.53. The van der Waals surface area contributed by atoms with Crippen molar-refractivity contribution in [2.45, 2.75) is 58.8 Å². The molecule has 1 aromatic heterocycles. The van der Waals surface area contributed by atoms with Crippen LogP contribution in [0.5, 0.6) is 5.75 Å². The number of hydrogen-bond donors (Lipinski definition) is 0. The van der Waals surface area contributed by atoms with E-state index >= 15 is 0 Å². The molecule has 0 amide bonds. The van der Waals surface area contributed by atoms with Crippen LogP contribution >= 0.6 is 11.3 Å². The Morgan fingerprint density at radius 3 is 2.54 bits per heavy atom. The normalized spacial score (nSPS) is 11.2. The number of benzene rings is 1. The lowest BCUT2D eigenvalue weighted by Gasteiger charge is -2.03. The van der Waals surface area contributed by atoms with Crippen LogP contribution in [-0.4, -0.2) is 16.8 Å². The molecule has 0 fully saturated rings. The molecule has 1 heterocycles. The third-order valence-electron chi connectivity index (χ3n) is 3.78. The average Bonchev–Trinajstić information content (AvgIpc) is 3.08. The molecule has 0 saturated heterocycles. The van der Waals surface area contributed by atoms with Crippen LogP contribution in [0.4, 0.5) is 0 Å². The zero-order valence-corrected chi connectivity index (χ0v) is 15.6. The first kappa shape index (κ1) is 18.7. The molecule has 2 aromatic rings. The monoisotopic (exact) mass is 344 g/mol. The van der Waals surface area contributed by atoms with E-state index in [1.54, 1.807) is 11.3 Å². The quantitative estimate of drug-likeness (QED) is 0.367. The number of rotatable bonds is 11. The summed E-state index contributed by atoms with van der Waals surface area (Å²) in [5, 5.41) is 10.8. The van der Waals surface area contributed by atoms with Gasteiger partial charge in [-0.3, -0.25) is 0 Å². The minimum absolute atomic E-state index is 0.625. The van der Waals surface area contributed by atoms with E-state index in [0.717, 1.165) is 34.2 Å². The van der Waals surface area contributed by atoms with Crippen molar-refractivity contribution in [3.8, 4) is 16.3 Å². The van der Waals surface area contributed by atoms with E-state index in [1.807, 2.05) is 12.1 Å². The summed E-state index contributed by atoms with van der Waals surface area (Å²) in [5.74, 6) is 0.893. The summed E-state index contributed by atoms with van der Waals surface area (Å²) in [7, 11) is 0. The molecule has 0 aliphatic carbocycles. The third kappa shape index (κ3) is 6.44. The Morgan fingerprint density at radius 1 is 0.958 bits per heavy atom. The largest absolute Gasteiger partial charge is 0.490 e. The maximum Gasteiger partial charge on any atom is 0.147 e. The lowest BCUT2D eigenvalue weighted by Crippen LogP contribution is -1.92. The van der Waals surface area contributed by atoms with Crippen LogP contribution in [0, 0.1) is 0 Å². The molecule has 3 nitrogen and oxygen atoms in total. The van der Waals surface area contributed by atoms with Gasteiger partial charge in [0.1, 0.15) is 22.4 Å². The summed E-state index contributed by atoms with van der Waals surface area (Å²) in [6, 6.07) is 8.13. The number of unbranched alkanes of at least 4 members (excludes halogenated alkanes) is 4. The Morgan fingerprint density at radius 2 is 1.79 bits per heavy atom. The van der Waals surface area contributed by atoms with Gasteiger partial charge < -0.3 is 4.74 Å². The number of ether oxygens (including phenoxy) is 1. The first-order valence-corrected chi connectivity index (χ1v) is 9.85. The number of nitrogens with zero attached hydrogens (tertiary/aromatic N) is 2. The smallest absolute Gasteiger partial charge is 0.147 e. The van der Waals surface area contributed by atoms with Gasteiger partial charge in [-0.25, -0.2) is 0 Å². The number of allylic oxidation sites excluding steroid dienone is 1. The Bertz CT molecular complexity index is 604. The molecule has 0 radical (unpaired) electrons. The molecule has 0 saturated carbocycles. The molecule has 130 valence electrons. The Hall–Kier alpha value is -1.68. The summed E-state index contributed by atoms with van der Waals surface area (Å²) >= 11 is 1.70. The molecular weight excluding hydrogens is 316 g/mol. The fourth-order valence-electron chi connectivity index (χ4n) is 2.36. The number of hydrogen-bond acceptors (Lipinski definition) is 4. The summed E-state index contributed by atoms with van der Waals surface area (Å²) < 4.78 is 5.71. The molecule has 24 heavy (non-hydrogen) atoms. The SMILES string of the molecule is CCC/C=C/COc1ccc(-c2nnc(CCCCCC)s2)cc1. The lowest BCUT2D eigenvalue weighted by atomic mass is 10.2. The highest BCUT2D eigenvalue weighted by Gasteiger charge is 2.06. The van der Waals surface area contributed by atoms with Crippen molar-refractivity contribution in [1.29, 1.82) is 0 Å². The number of aromatic nitrogens is 2. The van der Waals surface area contributed by atoms with Gasteiger partial charge in [-0.15, -0.1) is 10.2 Å². The first-order valence-electron chi connectivity index (χ1n) is 9.04. The van der Waals surface area contributed by atoms with Gasteiger partial charge in [-0.2, -0.15) is 0 Å². The zero-order valence-electron chi connectivity index (χ0n) is 14.8. The first-order chi connectivity index (χ1) is 11.8. The fourth-order valence-corrected chi connectivity index (χ4v) is 3.25. The highest BCUT2D eigenvalue weighted by atomic mass is 32.1. The fraction of sp³-hybridized carbons (Fsp3) is 0.500. The second-order valence-electron chi connectivity index (χ2n) is 5.91. The van der Waals surface area contributed by atoms with Crippen molar-refractivity contribution in [3.05, 3.63) is 41.4 Å². The van der Waals surface area contributed by atoms with Crippen LogP contribution in [0.25, 0.3) is 10.6 Å². The third-order valence-corrected chi connectivity index (χ3v) is 4.81. The molecule has 0 spiro atoms. The predicted octanol–water partition coefficient (Wildman–Crippen LogP) is 6.06. The van der Waals surface area contributed by atoms with E-state index in [4.69, 9.17) is 4.74 Å². The van der Waals surface area contributed by atoms with Crippen molar-refractivity contribution >= 4 is 11.3 Å². The van der Waals surface area contributed by atoms with E-state index in [2.05, 4.69) is 48.3 Å². The minimum atomic E-state index is 0.625. The van der Waals surface area contributed by atoms with Gasteiger partial charge in [0.25, 0.3) is 0 Å². The second-order valence-corrected chi connectivity index (χ2v) is 6.97. The van der Waals surface area contributed by atoms with Gasteiger partial charge in [0.05, 0.1) is 0 Å². The van der Waals surface area contributed by atoms with Crippen molar-refractivity contribution < 1.29 is 4.74 Å². The highest BCUT2D eigenvalue weighted by molar-refractivity contribution is 7.14. The van der Waals surface area contributed by atoms with Gasteiger partial charge >= 0.3 is 0 Å². The number of aryl methyl sites for hydroxylation is 1. The van der Waals surface area contributed by atoms with Gasteiger partial charge in [0, 0.05) is 12.0 Å². The molecule has 4 heteroatoms. The summed E-state index contributed by atoms with van der Waals surface area (Å²) in [4.78, 5) is 0. The maximum absolute atomic E-state index is 5.71. The van der Waals surface area contributed by atoms with E-state index in [0.29, 0.717) is 6.61 Å². The molecular formula is C20H28N2OS. The van der Waals surface area contributed by atoms with Gasteiger partial charge in [0.2, 0.25) is 0 Å². The van der Waals surface area contributed by atoms with Gasteiger partial charge in [-0.05, 0) is 37.1 Å². The van der Waals surface area contributed by atoms with Crippen molar-refractivity contribution in [3.63, 3.8) is 0 Å². The molecule has 0 unspecified atom stereocenters. The van der Waals surface area contributed by atoms with Gasteiger partial charge in [-0.1, -0.05) is 63.0 Å². The molecule has 2 rings (SSSR count). The standard InChI is InChI=1S/C20H28N2OS/c1-3-5-7-9-11-19-21-22-20(24-19)17-12-14-18(15-13-17)23-16-10-8-6-4-2/h8,10,12-15H,3-7,9,11,16H2,1-2H3/b10-8+. The molecule has 0 aliphatic heterocycles. The van der Waals surface area contributed by atoms with Crippen LogP contribution in [0.15, 0.2) is 36.4 Å². The molecule has 1 aromatic carbocycles. The van der Waals surface area contributed by atoms with E-state index in [-0.39, 0.29) is 0 Å². The van der Waals surface area contributed by atoms with E-state index < -0.39 is 0 Å². The summed E-state index contributed by atoms with van der Waals surface area (Å²) in [6.07, 6.45) is 12.6. The Balaban J connectivity index is 1.83. The molecule has 0 N–H and O–H groups in total. The second kappa shape index (κ2) is 11.0. The van der Waals surface area contributed by atoms with Crippen molar-refractivity contribution in [2.75, 3.05) is 6.61 Å². The van der Waals surface area contributed by atoms with Crippen LogP contribution in [0.2, 0.25) is 0 Å². The van der Waals surface area contributed by atoms with Crippen LogP contribution in [0.1, 0.15) is 57.4 Å². The molecule has 0 bridgehead atoms. The van der Waals surface area contributed by atoms with Crippen molar-refractivity contribution in [2.24, 2.45) is 0 Å². The van der Waals surface area contributed by atoms with Crippen LogP contribution < -0.4 is 4.74 Å². The minimum Gasteiger partial charge on any atom is -0.490 e. The lowest BCUT2D eigenvalue weighted by molar-refractivity contribution is 0.362. The average molecular weight is 345 g/mol. The molecule has 0 atom stereocenters. The van der Waals surface area contributed by atoms with E-state index in [1.165, 1.54) is 32.1 Å². The topological polar surface area (TPSA) is 35.0 Å². The van der Waals surface area contributed by atoms with Crippen LogP contribution in [0.3, 0.4) is 0 Å². The van der Waals surface area contributed by atoms with Crippen LogP contribution in [-0.2, 0) is 6.42 Å². The van der Waals surface area contributed by atoms with Crippen molar-refractivity contribution in [1.82, 2.24) is 10.2 Å². The van der Waals surface area contributed by atoms with E-state index in [9.17, 15) is 0 Å². The zero-order chi connectivity index (χ0) is 17.0. The highest BCUT2D eigenvalue weighted by Crippen LogP contribution is 2.26. The summed E-state index contributed by atoms with van der Waals surface area (Å²) in [6.45, 7) is 5.03. The molecule has 0 aliphatic rings. The Labute approximate surface area is 149 Å². The predicted molar refractivity (Wildman–Crippen MR) is 103 cm³/mol. The maximum atomic E-state index is 5.71. The van der Waals surface area contributed by atoms with Gasteiger partial charge in [0.15, 0.2) is 0 Å². The summed E-state index contributed by atoms with van der Waals surface area (Å²) in [5.41, 5.74) is 1.11.